The lowest BCUT2D eigenvalue weighted by Gasteiger charge is -2.35. The van der Waals surface area contributed by atoms with Gasteiger partial charge in [0.15, 0.2) is 0 Å². The van der Waals surface area contributed by atoms with Gasteiger partial charge in [-0.05, 0) is 44.5 Å². The minimum atomic E-state index is -0.209. The molecule has 0 aliphatic carbocycles. The van der Waals surface area contributed by atoms with Crippen LogP contribution >= 0.6 is 24.0 Å². The standard InChI is InChI=1S/C14H20ClFN2.ClH/c15-13-5-3-6-14(16)12(13)10-18-9-2-1-4-11(18)7-8-17;/h3,5-6,11H,1-2,4,7-10,17H2;1H. The zero-order valence-corrected chi connectivity index (χ0v) is 12.5. The van der Waals surface area contributed by atoms with Crippen molar-refractivity contribution in [2.75, 3.05) is 13.1 Å². The first kappa shape index (κ1) is 16.7. The van der Waals surface area contributed by atoms with Gasteiger partial charge < -0.3 is 5.73 Å². The number of piperidine rings is 1. The summed E-state index contributed by atoms with van der Waals surface area (Å²) in [6, 6.07) is 5.35. The summed E-state index contributed by atoms with van der Waals surface area (Å²) in [5.41, 5.74) is 6.26. The maximum Gasteiger partial charge on any atom is 0.129 e. The van der Waals surface area contributed by atoms with Gasteiger partial charge in [0.05, 0.1) is 0 Å². The van der Waals surface area contributed by atoms with Crippen molar-refractivity contribution in [1.82, 2.24) is 4.90 Å². The summed E-state index contributed by atoms with van der Waals surface area (Å²) in [5, 5.41) is 0.520. The fourth-order valence-electron chi connectivity index (χ4n) is 2.67. The molecule has 1 heterocycles. The molecule has 1 aromatic rings. The molecule has 0 spiro atoms. The first-order valence-electron chi connectivity index (χ1n) is 6.59. The molecular formula is C14H21Cl2FN2. The Morgan fingerprint density at radius 2 is 2.16 bits per heavy atom. The van der Waals surface area contributed by atoms with Crippen LogP contribution < -0.4 is 5.73 Å². The van der Waals surface area contributed by atoms with Gasteiger partial charge in [0.1, 0.15) is 5.82 Å². The predicted octanol–water partition coefficient (Wildman–Crippen LogP) is 3.60. The number of hydrogen-bond acceptors (Lipinski definition) is 2. The van der Waals surface area contributed by atoms with Crippen LogP contribution in [0.5, 0.6) is 0 Å². The topological polar surface area (TPSA) is 29.3 Å². The number of rotatable bonds is 4. The SMILES string of the molecule is Cl.NCCC1CCCCN1Cc1c(F)cccc1Cl. The first-order valence-corrected chi connectivity index (χ1v) is 6.97. The van der Waals surface area contributed by atoms with E-state index in [1.54, 1.807) is 12.1 Å². The lowest BCUT2D eigenvalue weighted by molar-refractivity contribution is 0.132. The number of halogens is 3. The molecule has 0 bridgehead atoms. The molecule has 0 aromatic heterocycles. The Kier molecular flexibility index (Phi) is 7.08. The molecule has 2 rings (SSSR count). The summed E-state index contributed by atoms with van der Waals surface area (Å²) < 4.78 is 13.8. The van der Waals surface area contributed by atoms with Crippen molar-refractivity contribution in [3.63, 3.8) is 0 Å². The van der Waals surface area contributed by atoms with Crippen molar-refractivity contribution in [2.24, 2.45) is 5.73 Å². The average Bonchev–Trinajstić information content (AvgIpc) is 2.36. The first-order chi connectivity index (χ1) is 8.72. The molecule has 1 atom stereocenters. The summed E-state index contributed by atoms with van der Waals surface area (Å²) in [7, 11) is 0. The van der Waals surface area contributed by atoms with Crippen molar-refractivity contribution in [3.8, 4) is 0 Å². The molecule has 19 heavy (non-hydrogen) atoms. The van der Waals surface area contributed by atoms with E-state index in [4.69, 9.17) is 17.3 Å². The lowest BCUT2D eigenvalue weighted by atomic mass is 9.98. The van der Waals surface area contributed by atoms with Gasteiger partial charge in [-0.15, -0.1) is 12.4 Å². The molecular weight excluding hydrogens is 286 g/mol. The fourth-order valence-corrected chi connectivity index (χ4v) is 2.90. The Labute approximate surface area is 125 Å². The summed E-state index contributed by atoms with van der Waals surface area (Å²) >= 11 is 6.08. The van der Waals surface area contributed by atoms with E-state index in [2.05, 4.69) is 4.90 Å². The minimum Gasteiger partial charge on any atom is -0.330 e. The number of benzene rings is 1. The Morgan fingerprint density at radius 1 is 1.37 bits per heavy atom. The van der Waals surface area contributed by atoms with Crippen LogP contribution in [-0.2, 0) is 6.54 Å². The molecule has 0 saturated carbocycles. The molecule has 1 aromatic carbocycles. The van der Waals surface area contributed by atoms with E-state index in [1.165, 1.54) is 18.9 Å². The van der Waals surface area contributed by atoms with Crippen LogP contribution in [-0.4, -0.2) is 24.0 Å². The smallest absolute Gasteiger partial charge is 0.129 e. The van der Waals surface area contributed by atoms with Crippen LogP contribution in [0.3, 0.4) is 0 Å². The van der Waals surface area contributed by atoms with Crippen LogP contribution in [0, 0.1) is 5.82 Å². The highest BCUT2D eigenvalue weighted by Gasteiger charge is 2.23. The van der Waals surface area contributed by atoms with Gasteiger partial charge in [-0.25, -0.2) is 4.39 Å². The van der Waals surface area contributed by atoms with Crippen molar-refractivity contribution in [1.29, 1.82) is 0 Å². The van der Waals surface area contributed by atoms with E-state index in [1.807, 2.05) is 0 Å². The molecule has 0 amide bonds. The third kappa shape index (κ3) is 4.32. The highest BCUT2D eigenvalue weighted by molar-refractivity contribution is 6.31. The van der Waals surface area contributed by atoms with Crippen LogP contribution in [0.2, 0.25) is 5.02 Å². The van der Waals surface area contributed by atoms with Gasteiger partial charge in [0.25, 0.3) is 0 Å². The Balaban J connectivity index is 0.00000180. The van der Waals surface area contributed by atoms with Crippen molar-refractivity contribution >= 4 is 24.0 Å². The van der Waals surface area contributed by atoms with Gasteiger partial charge >= 0.3 is 0 Å². The normalized spacial score (nSPS) is 20.1. The highest BCUT2D eigenvalue weighted by Crippen LogP contribution is 2.26. The van der Waals surface area contributed by atoms with E-state index in [-0.39, 0.29) is 18.2 Å². The molecule has 1 aliphatic heterocycles. The van der Waals surface area contributed by atoms with Crippen LogP contribution in [0.1, 0.15) is 31.2 Å². The largest absolute Gasteiger partial charge is 0.330 e. The number of nitrogens with two attached hydrogens (primary N) is 1. The second-order valence-electron chi connectivity index (χ2n) is 4.90. The highest BCUT2D eigenvalue weighted by atomic mass is 35.5. The van der Waals surface area contributed by atoms with Gasteiger partial charge in [0.2, 0.25) is 0 Å². The fraction of sp³-hybridized carbons (Fsp3) is 0.571. The lowest BCUT2D eigenvalue weighted by Crippen LogP contribution is -2.40. The van der Waals surface area contributed by atoms with Crippen LogP contribution in [0.15, 0.2) is 18.2 Å². The quantitative estimate of drug-likeness (QED) is 0.921. The predicted molar refractivity (Wildman–Crippen MR) is 80.4 cm³/mol. The molecule has 1 unspecified atom stereocenters. The van der Waals surface area contributed by atoms with E-state index < -0.39 is 0 Å². The monoisotopic (exact) mass is 306 g/mol. The minimum absolute atomic E-state index is 0. The zero-order valence-electron chi connectivity index (χ0n) is 10.9. The van der Waals surface area contributed by atoms with Crippen LogP contribution in [0.4, 0.5) is 4.39 Å². The van der Waals surface area contributed by atoms with Gasteiger partial charge in [-0.1, -0.05) is 24.1 Å². The van der Waals surface area contributed by atoms with Gasteiger partial charge in [-0.2, -0.15) is 0 Å². The summed E-state index contributed by atoms with van der Waals surface area (Å²) in [4.78, 5) is 2.32. The maximum atomic E-state index is 13.8. The molecule has 1 saturated heterocycles. The molecule has 5 heteroatoms. The third-order valence-corrected chi connectivity index (χ3v) is 4.03. The average molecular weight is 307 g/mol. The molecule has 1 aliphatic rings. The van der Waals surface area contributed by atoms with Crippen LogP contribution in [0.25, 0.3) is 0 Å². The molecule has 2 nitrogen and oxygen atoms in total. The Morgan fingerprint density at radius 3 is 2.84 bits per heavy atom. The number of nitrogens with zero attached hydrogens (tertiary/aromatic N) is 1. The second kappa shape index (κ2) is 8.05. The number of likely N-dealkylation sites (tertiary alicyclic amines) is 1. The molecule has 0 radical (unpaired) electrons. The molecule has 2 N–H and O–H groups in total. The number of hydrogen-bond donors (Lipinski definition) is 1. The van der Waals surface area contributed by atoms with E-state index in [0.717, 1.165) is 19.4 Å². The summed E-state index contributed by atoms with van der Waals surface area (Å²) in [6.45, 7) is 2.29. The summed E-state index contributed by atoms with van der Waals surface area (Å²) in [6.07, 6.45) is 4.55. The van der Waals surface area contributed by atoms with Gasteiger partial charge in [-0.3, -0.25) is 4.90 Å². The third-order valence-electron chi connectivity index (χ3n) is 3.67. The van der Waals surface area contributed by atoms with Crippen molar-refractivity contribution in [3.05, 3.63) is 34.6 Å². The van der Waals surface area contributed by atoms with Crippen molar-refractivity contribution < 1.29 is 4.39 Å². The molecule has 1 fully saturated rings. The van der Waals surface area contributed by atoms with Gasteiger partial charge in [0, 0.05) is 23.2 Å². The Bertz CT molecular complexity index is 379. The van der Waals surface area contributed by atoms with Crippen molar-refractivity contribution in [2.45, 2.75) is 38.3 Å². The van der Waals surface area contributed by atoms with E-state index >= 15 is 0 Å². The van der Waals surface area contributed by atoms with E-state index in [9.17, 15) is 4.39 Å². The summed E-state index contributed by atoms with van der Waals surface area (Å²) in [5.74, 6) is -0.209. The molecule has 108 valence electrons. The Hall–Kier alpha value is -0.350. The maximum absolute atomic E-state index is 13.8. The van der Waals surface area contributed by atoms with E-state index in [0.29, 0.717) is 29.7 Å². The zero-order chi connectivity index (χ0) is 13.0. The second-order valence-corrected chi connectivity index (χ2v) is 5.30.